The second-order valence-corrected chi connectivity index (χ2v) is 8.06. The summed E-state index contributed by atoms with van der Waals surface area (Å²) in [6.45, 7) is 0. The fourth-order valence-corrected chi connectivity index (χ4v) is 3.62. The molecule has 0 fully saturated rings. The lowest BCUT2D eigenvalue weighted by Gasteiger charge is -2.02. The maximum Gasteiger partial charge on any atom is 0.216 e. The standard InChI is InChI=1S/C18H11Cl2N3O2S/c19-14-1-5-16(6-2-14)23-12-13(11-22-23)9-18(10-21)26(24,25)17-7-3-15(20)4-8-17/h1-9,11-12H. The molecule has 0 saturated carbocycles. The monoisotopic (exact) mass is 403 g/mol. The summed E-state index contributed by atoms with van der Waals surface area (Å²) < 4.78 is 26.8. The first-order chi connectivity index (χ1) is 12.4. The van der Waals surface area contributed by atoms with Gasteiger partial charge in [0.15, 0.2) is 0 Å². The number of hydrogen-bond acceptors (Lipinski definition) is 4. The maximum atomic E-state index is 12.6. The van der Waals surface area contributed by atoms with E-state index in [1.165, 1.54) is 36.5 Å². The average Bonchev–Trinajstić information content (AvgIpc) is 3.09. The van der Waals surface area contributed by atoms with Crippen LogP contribution in [0.3, 0.4) is 0 Å². The molecule has 26 heavy (non-hydrogen) atoms. The van der Waals surface area contributed by atoms with Crippen molar-refractivity contribution in [2.45, 2.75) is 4.90 Å². The molecule has 1 heterocycles. The summed E-state index contributed by atoms with van der Waals surface area (Å²) in [5, 5.41) is 14.5. The number of halogens is 2. The molecular formula is C18H11Cl2N3O2S. The largest absolute Gasteiger partial charge is 0.240 e. The number of rotatable bonds is 4. The molecule has 0 unspecified atom stereocenters. The number of aromatic nitrogens is 2. The molecule has 0 aliphatic heterocycles. The van der Waals surface area contributed by atoms with Crippen molar-refractivity contribution in [2.24, 2.45) is 0 Å². The van der Waals surface area contributed by atoms with Crippen molar-refractivity contribution in [1.29, 1.82) is 5.26 Å². The second kappa shape index (κ2) is 7.34. The molecule has 0 aliphatic carbocycles. The Morgan fingerprint density at radius 3 is 2.19 bits per heavy atom. The van der Waals surface area contributed by atoms with Gasteiger partial charge in [-0.2, -0.15) is 10.4 Å². The average molecular weight is 404 g/mol. The van der Waals surface area contributed by atoms with E-state index in [1.807, 2.05) is 0 Å². The minimum atomic E-state index is -3.94. The third-order valence-corrected chi connectivity index (χ3v) is 5.70. The van der Waals surface area contributed by atoms with Crippen molar-refractivity contribution in [2.75, 3.05) is 0 Å². The van der Waals surface area contributed by atoms with Gasteiger partial charge < -0.3 is 0 Å². The van der Waals surface area contributed by atoms with Crippen LogP contribution < -0.4 is 0 Å². The van der Waals surface area contributed by atoms with Gasteiger partial charge in [-0.1, -0.05) is 23.2 Å². The first kappa shape index (κ1) is 18.2. The van der Waals surface area contributed by atoms with E-state index in [9.17, 15) is 13.7 Å². The molecule has 0 radical (unpaired) electrons. The van der Waals surface area contributed by atoms with Crippen LogP contribution in [0.15, 0.2) is 70.7 Å². The molecule has 0 atom stereocenters. The number of sulfone groups is 1. The minimum absolute atomic E-state index is 0.000192. The van der Waals surface area contributed by atoms with E-state index in [0.717, 1.165) is 5.69 Å². The highest BCUT2D eigenvalue weighted by Gasteiger charge is 2.21. The molecule has 5 nitrogen and oxygen atoms in total. The molecule has 0 N–H and O–H groups in total. The van der Waals surface area contributed by atoms with Crippen LogP contribution in [0.1, 0.15) is 5.56 Å². The predicted molar refractivity (Wildman–Crippen MR) is 101 cm³/mol. The topological polar surface area (TPSA) is 75.8 Å². The van der Waals surface area contributed by atoms with Gasteiger partial charge in [0.1, 0.15) is 11.0 Å². The SMILES string of the molecule is N#CC(=Cc1cnn(-c2ccc(Cl)cc2)c1)S(=O)(=O)c1ccc(Cl)cc1. The molecule has 0 saturated heterocycles. The summed E-state index contributed by atoms with van der Waals surface area (Å²) >= 11 is 11.6. The molecule has 0 amide bonds. The van der Waals surface area contributed by atoms with Gasteiger partial charge in [-0.25, -0.2) is 13.1 Å². The second-order valence-electron chi connectivity index (χ2n) is 5.27. The number of hydrogen-bond donors (Lipinski definition) is 0. The quantitative estimate of drug-likeness (QED) is 0.600. The Labute approximate surface area is 160 Å². The molecule has 0 aliphatic rings. The van der Waals surface area contributed by atoms with Crippen molar-refractivity contribution in [3.05, 3.63) is 81.4 Å². The zero-order chi connectivity index (χ0) is 18.7. The molecule has 0 spiro atoms. The summed E-state index contributed by atoms with van der Waals surface area (Å²) in [5.41, 5.74) is 1.24. The molecule has 1 aromatic heterocycles. The molecular weight excluding hydrogens is 393 g/mol. The van der Waals surface area contributed by atoms with Crippen LogP contribution in [0, 0.1) is 11.3 Å². The van der Waals surface area contributed by atoms with E-state index in [0.29, 0.717) is 15.6 Å². The smallest absolute Gasteiger partial charge is 0.216 e. The Morgan fingerprint density at radius 2 is 1.62 bits per heavy atom. The van der Waals surface area contributed by atoms with Crippen LogP contribution in [-0.2, 0) is 9.84 Å². The Morgan fingerprint density at radius 1 is 1.04 bits per heavy atom. The summed E-state index contributed by atoms with van der Waals surface area (Å²) in [5.74, 6) is 0. The van der Waals surface area contributed by atoms with Crippen LogP contribution in [0.2, 0.25) is 10.0 Å². The molecule has 8 heteroatoms. The van der Waals surface area contributed by atoms with Gasteiger partial charge >= 0.3 is 0 Å². The summed E-state index contributed by atoms with van der Waals surface area (Å²) in [4.78, 5) is -0.379. The summed E-state index contributed by atoms with van der Waals surface area (Å²) in [7, 11) is -3.94. The first-order valence-corrected chi connectivity index (χ1v) is 9.57. The van der Waals surface area contributed by atoms with Crippen LogP contribution >= 0.6 is 23.2 Å². The summed E-state index contributed by atoms with van der Waals surface area (Å²) in [6.07, 6.45) is 4.38. The number of benzene rings is 2. The number of nitriles is 1. The van der Waals surface area contributed by atoms with E-state index >= 15 is 0 Å². The third-order valence-electron chi connectivity index (χ3n) is 3.52. The molecule has 2 aromatic carbocycles. The molecule has 130 valence electrons. The summed E-state index contributed by atoms with van der Waals surface area (Å²) in [6, 6.07) is 14.4. The molecule has 3 aromatic rings. The van der Waals surface area contributed by atoms with Crippen LogP contribution in [0.5, 0.6) is 0 Å². The van der Waals surface area contributed by atoms with E-state index in [-0.39, 0.29) is 9.80 Å². The molecule has 0 bridgehead atoms. The van der Waals surface area contributed by atoms with Gasteiger partial charge in [-0.05, 0) is 54.6 Å². The van der Waals surface area contributed by atoms with Crippen molar-refractivity contribution < 1.29 is 8.42 Å². The number of nitrogens with zero attached hydrogens (tertiary/aromatic N) is 3. The van der Waals surface area contributed by atoms with E-state index in [2.05, 4.69) is 5.10 Å². The van der Waals surface area contributed by atoms with Crippen molar-refractivity contribution in [3.63, 3.8) is 0 Å². The Kier molecular flexibility index (Phi) is 5.14. The van der Waals surface area contributed by atoms with Gasteiger partial charge in [-0.3, -0.25) is 0 Å². The van der Waals surface area contributed by atoms with E-state index < -0.39 is 9.84 Å². The third kappa shape index (κ3) is 3.81. The maximum absolute atomic E-state index is 12.6. The lowest BCUT2D eigenvalue weighted by molar-refractivity contribution is 0.603. The normalized spacial score (nSPS) is 12.0. The van der Waals surface area contributed by atoms with Gasteiger partial charge in [0.05, 0.1) is 16.8 Å². The predicted octanol–water partition coefficient (Wildman–Crippen LogP) is 4.52. The van der Waals surface area contributed by atoms with E-state index in [1.54, 1.807) is 41.2 Å². The lowest BCUT2D eigenvalue weighted by Crippen LogP contribution is -2.03. The Balaban J connectivity index is 1.96. The zero-order valence-corrected chi connectivity index (χ0v) is 15.5. The highest BCUT2D eigenvalue weighted by atomic mass is 35.5. The van der Waals surface area contributed by atoms with E-state index in [4.69, 9.17) is 23.2 Å². The van der Waals surface area contributed by atoms with Crippen molar-refractivity contribution in [1.82, 2.24) is 9.78 Å². The first-order valence-electron chi connectivity index (χ1n) is 7.33. The fourth-order valence-electron chi connectivity index (χ4n) is 2.21. The highest BCUT2D eigenvalue weighted by Crippen LogP contribution is 2.23. The van der Waals surface area contributed by atoms with Crippen molar-refractivity contribution in [3.8, 4) is 11.8 Å². The van der Waals surface area contributed by atoms with Gasteiger partial charge in [0.25, 0.3) is 0 Å². The van der Waals surface area contributed by atoms with Crippen LogP contribution in [-0.4, -0.2) is 18.2 Å². The lowest BCUT2D eigenvalue weighted by atomic mass is 10.3. The van der Waals surface area contributed by atoms with Gasteiger partial charge in [0, 0.05) is 21.8 Å². The minimum Gasteiger partial charge on any atom is -0.240 e. The highest BCUT2D eigenvalue weighted by molar-refractivity contribution is 7.95. The number of allylic oxidation sites excluding steroid dienone is 1. The zero-order valence-electron chi connectivity index (χ0n) is 13.2. The van der Waals surface area contributed by atoms with Gasteiger partial charge in [0.2, 0.25) is 9.84 Å². The van der Waals surface area contributed by atoms with Crippen molar-refractivity contribution >= 4 is 39.1 Å². The Hall–Kier alpha value is -2.59. The van der Waals surface area contributed by atoms with Crippen LogP contribution in [0.4, 0.5) is 0 Å². The van der Waals surface area contributed by atoms with Gasteiger partial charge in [-0.15, -0.1) is 0 Å². The molecule has 3 rings (SSSR count). The van der Waals surface area contributed by atoms with Crippen LogP contribution in [0.25, 0.3) is 11.8 Å². The Bertz CT molecular complexity index is 1110. The fraction of sp³-hybridized carbons (Fsp3) is 0.